The van der Waals surface area contributed by atoms with Gasteiger partial charge in [-0.1, -0.05) is 13.8 Å². The highest BCUT2D eigenvalue weighted by atomic mass is 16.5. The van der Waals surface area contributed by atoms with Gasteiger partial charge in [0.25, 0.3) is 0 Å². The Morgan fingerprint density at radius 3 is 2.56 bits per heavy atom. The number of esters is 1. The predicted octanol–water partition coefficient (Wildman–Crippen LogP) is 2.76. The summed E-state index contributed by atoms with van der Waals surface area (Å²) < 4.78 is 10.4. The molecule has 2 heterocycles. The van der Waals surface area contributed by atoms with Crippen LogP contribution >= 0.6 is 0 Å². The van der Waals surface area contributed by atoms with E-state index in [2.05, 4.69) is 23.7 Å². The van der Waals surface area contributed by atoms with Crippen molar-refractivity contribution in [3.8, 4) is 0 Å². The van der Waals surface area contributed by atoms with Crippen molar-refractivity contribution in [1.82, 2.24) is 4.98 Å². The summed E-state index contributed by atoms with van der Waals surface area (Å²) in [5.41, 5.74) is 7.03. The predicted molar refractivity (Wildman–Crippen MR) is 99.7 cm³/mol. The van der Waals surface area contributed by atoms with Crippen LogP contribution in [-0.2, 0) is 19.7 Å². The van der Waals surface area contributed by atoms with Crippen LogP contribution in [0.3, 0.4) is 0 Å². The monoisotopic (exact) mass is 349 g/mol. The van der Waals surface area contributed by atoms with E-state index in [-0.39, 0.29) is 5.97 Å². The summed E-state index contributed by atoms with van der Waals surface area (Å²) >= 11 is 0. The SMILES string of the molecule is COC(=O)C(C)(C)c1ccc(N(CC(C)C)C2CCOCC2)c(N)n1. The molecule has 6 heteroatoms. The number of methoxy groups -OCH3 is 1. The van der Waals surface area contributed by atoms with Gasteiger partial charge in [0.2, 0.25) is 0 Å². The van der Waals surface area contributed by atoms with Gasteiger partial charge >= 0.3 is 5.97 Å². The molecule has 2 N–H and O–H groups in total. The number of rotatable bonds is 6. The Kier molecular flexibility index (Phi) is 6.27. The Morgan fingerprint density at radius 2 is 2.04 bits per heavy atom. The first kappa shape index (κ1) is 19.5. The fraction of sp³-hybridized carbons (Fsp3) is 0.684. The van der Waals surface area contributed by atoms with Gasteiger partial charge in [0.15, 0.2) is 0 Å². The lowest BCUT2D eigenvalue weighted by atomic mass is 9.88. The molecular formula is C19H31N3O3. The molecule has 25 heavy (non-hydrogen) atoms. The largest absolute Gasteiger partial charge is 0.468 e. The molecule has 0 spiro atoms. The standard InChI is InChI=1S/C19H31N3O3/c1-13(2)12-22(14-8-10-25-11-9-14)15-6-7-16(21-17(15)20)19(3,4)18(23)24-5/h6-7,13-14H,8-12H2,1-5H3,(H2,20,21). The normalized spacial score (nSPS) is 16.1. The van der Waals surface area contributed by atoms with Crippen molar-refractivity contribution in [1.29, 1.82) is 0 Å². The lowest BCUT2D eigenvalue weighted by molar-refractivity contribution is -0.146. The van der Waals surface area contributed by atoms with Gasteiger partial charge in [0, 0.05) is 25.8 Å². The first-order chi connectivity index (χ1) is 11.8. The van der Waals surface area contributed by atoms with E-state index in [9.17, 15) is 4.79 Å². The Balaban J connectivity index is 2.33. The van der Waals surface area contributed by atoms with Gasteiger partial charge < -0.3 is 20.1 Å². The maximum atomic E-state index is 12.0. The average molecular weight is 349 g/mol. The van der Waals surface area contributed by atoms with Crippen LogP contribution in [-0.4, -0.2) is 43.9 Å². The number of ether oxygens (including phenoxy) is 2. The number of hydrogen-bond acceptors (Lipinski definition) is 6. The Morgan fingerprint density at radius 1 is 1.40 bits per heavy atom. The molecule has 6 nitrogen and oxygen atoms in total. The van der Waals surface area contributed by atoms with E-state index in [1.165, 1.54) is 7.11 Å². The first-order valence-electron chi connectivity index (χ1n) is 8.97. The lowest BCUT2D eigenvalue weighted by Gasteiger charge is -2.38. The molecule has 2 rings (SSSR count). The van der Waals surface area contributed by atoms with E-state index in [1.54, 1.807) is 13.8 Å². The summed E-state index contributed by atoms with van der Waals surface area (Å²) in [6, 6.07) is 4.27. The zero-order valence-corrected chi connectivity index (χ0v) is 16.0. The first-order valence-corrected chi connectivity index (χ1v) is 8.97. The third kappa shape index (κ3) is 4.42. The number of nitrogen functional groups attached to an aromatic ring is 1. The van der Waals surface area contributed by atoms with E-state index < -0.39 is 5.41 Å². The number of nitrogens with zero attached hydrogens (tertiary/aromatic N) is 2. The van der Waals surface area contributed by atoms with Crippen LogP contribution in [0.15, 0.2) is 12.1 Å². The summed E-state index contributed by atoms with van der Waals surface area (Å²) in [4.78, 5) is 18.9. The summed E-state index contributed by atoms with van der Waals surface area (Å²) in [5.74, 6) is 0.644. The van der Waals surface area contributed by atoms with Crippen LogP contribution in [0.4, 0.5) is 11.5 Å². The van der Waals surface area contributed by atoms with Crippen molar-refractivity contribution in [2.24, 2.45) is 5.92 Å². The molecule has 1 aliphatic heterocycles. The molecule has 0 saturated carbocycles. The highest BCUT2D eigenvalue weighted by Gasteiger charge is 2.33. The quantitative estimate of drug-likeness (QED) is 0.796. The van der Waals surface area contributed by atoms with Crippen molar-refractivity contribution in [2.45, 2.75) is 52.0 Å². The second-order valence-electron chi connectivity index (χ2n) is 7.61. The summed E-state index contributed by atoms with van der Waals surface area (Å²) in [6.45, 7) is 10.5. The van der Waals surface area contributed by atoms with Crippen molar-refractivity contribution in [2.75, 3.05) is 37.5 Å². The van der Waals surface area contributed by atoms with E-state index in [0.717, 1.165) is 38.3 Å². The molecule has 0 unspecified atom stereocenters. The maximum absolute atomic E-state index is 12.0. The van der Waals surface area contributed by atoms with Gasteiger partial charge in [-0.05, 0) is 44.7 Å². The molecule has 1 aliphatic rings. The van der Waals surface area contributed by atoms with Crippen LogP contribution in [0.2, 0.25) is 0 Å². The van der Waals surface area contributed by atoms with Crippen molar-refractivity contribution in [3.05, 3.63) is 17.8 Å². The minimum absolute atomic E-state index is 0.324. The summed E-state index contributed by atoms with van der Waals surface area (Å²) in [7, 11) is 1.39. The minimum atomic E-state index is -0.830. The number of hydrogen-bond donors (Lipinski definition) is 1. The van der Waals surface area contributed by atoms with Gasteiger partial charge in [-0.25, -0.2) is 4.98 Å². The molecule has 0 aliphatic carbocycles. The highest BCUT2D eigenvalue weighted by Crippen LogP contribution is 2.31. The van der Waals surface area contributed by atoms with Gasteiger partial charge in [0.1, 0.15) is 11.2 Å². The van der Waals surface area contributed by atoms with Gasteiger partial charge in [0.05, 0.1) is 18.5 Å². The number of carbonyl (C=O) groups excluding carboxylic acids is 1. The Hall–Kier alpha value is -1.82. The topological polar surface area (TPSA) is 77.7 Å². The molecule has 140 valence electrons. The molecular weight excluding hydrogens is 318 g/mol. The van der Waals surface area contributed by atoms with E-state index in [0.29, 0.717) is 23.5 Å². The van der Waals surface area contributed by atoms with E-state index >= 15 is 0 Å². The highest BCUT2D eigenvalue weighted by molar-refractivity contribution is 5.82. The molecule has 1 saturated heterocycles. The zero-order valence-electron chi connectivity index (χ0n) is 16.0. The third-order valence-corrected chi connectivity index (χ3v) is 4.74. The van der Waals surface area contributed by atoms with E-state index in [4.69, 9.17) is 15.2 Å². The minimum Gasteiger partial charge on any atom is -0.468 e. The Bertz CT molecular complexity index is 596. The van der Waals surface area contributed by atoms with Crippen molar-refractivity contribution < 1.29 is 14.3 Å². The molecule has 0 amide bonds. The summed E-state index contributed by atoms with van der Waals surface area (Å²) in [6.07, 6.45) is 1.98. The lowest BCUT2D eigenvalue weighted by Crippen LogP contribution is -2.42. The number of pyridine rings is 1. The van der Waals surface area contributed by atoms with Crippen molar-refractivity contribution >= 4 is 17.5 Å². The number of carbonyl (C=O) groups is 1. The van der Waals surface area contributed by atoms with Crippen molar-refractivity contribution in [3.63, 3.8) is 0 Å². The molecule has 0 aromatic carbocycles. The smallest absolute Gasteiger partial charge is 0.317 e. The van der Waals surface area contributed by atoms with Gasteiger partial charge in [-0.3, -0.25) is 4.79 Å². The zero-order chi connectivity index (χ0) is 18.6. The van der Waals surface area contributed by atoms with Gasteiger partial charge in [-0.15, -0.1) is 0 Å². The molecule has 0 atom stereocenters. The second-order valence-corrected chi connectivity index (χ2v) is 7.61. The molecule has 1 aromatic rings. The fourth-order valence-corrected chi connectivity index (χ4v) is 3.25. The number of nitrogens with two attached hydrogens (primary N) is 1. The molecule has 0 radical (unpaired) electrons. The van der Waals surface area contributed by atoms with Crippen LogP contribution in [0, 0.1) is 5.92 Å². The second kappa shape index (κ2) is 8.04. The van der Waals surface area contributed by atoms with Gasteiger partial charge in [-0.2, -0.15) is 0 Å². The average Bonchev–Trinajstić information content (AvgIpc) is 2.59. The molecule has 1 aromatic heterocycles. The summed E-state index contributed by atoms with van der Waals surface area (Å²) in [5, 5.41) is 0. The fourth-order valence-electron chi connectivity index (χ4n) is 3.25. The third-order valence-electron chi connectivity index (χ3n) is 4.74. The van der Waals surface area contributed by atoms with E-state index in [1.807, 2.05) is 12.1 Å². The molecule has 1 fully saturated rings. The van der Waals surface area contributed by atoms with Crippen LogP contribution in [0.25, 0.3) is 0 Å². The molecule has 0 bridgehead atoms. The Labute approximate surface area is 150 Å². The van der Waals surface area contributed by atoms with Crippen LogP contribution in [0.1, 0.15) is 46.2 Å². The number of anilines is 2. The maximum Gasteiger partial charge on any atom is 0.317 e. The van der Waals surface area contributed by atoms with Crippen LogP contribution < -0.4 is 10.6 Å². The number of aromatic nitrogens is 1. The van der Waals surface area contributed by atoms with Crippen LogP contribution in [0.5, 0.6) is 0 Å².